The summed E-state index contributed by atoms with van der Waals surface area (Å²) in [5.41, 5.74) is 1.98. The molecule has 200 valence electrons. The van der Waals surface area contributed by atoms with Gasteiger partial charge in [0, 0.05) is 41.2 Å². The van der Waals surface area contributed by atoms with Gasteiger partial charge in [0.15, 0.2) is 0 Å². The maximum Gasteiger partial charge on any atom is 0.255 e. The van der Waals surface area contributed by atoms with Gasteiger partial charge in [0.25, 0.3) is 5.91 Å². The number of amides is 2. The zero-order chi connectivity index (χ0) is 26.9. The summed E-state index contributed by atoms with van der Waals surface area (Å²) < 4.78 is 30.1. The molecule has 3 atom stereocenters. The minimum absolute atomic E-state index is 0.0252. The predicted molar refractivity (Wildman–Crippen MR) is 149 cm³/mol. The first-order valence-corrected chi connectivity index (χ1v) is 14.7. The van der Waals surface area contributed by atoms with Crippen LogP contribution in [0.5, 0.6) is 0 Å². The Balaban J connectivity index is 1.34. The molecular weight excluding hydrogens is 500 g/mol. The van der Waals surface area contributed by atoms with E-state index in [9.17, 15) is 18.0 Å². The number of carbonyl (C=O) groups excluding carboxylic acids is 2. The third-order valence-electron chi connectivity index (χ3n) is 7.69. The van der Waals surface area contributed by atoms with Gasteiger partial charge in [-0.25, -0.2) is 13.1 Å². The third kappa shape index (κ3) is 5.32. The highest BCUT2D eigenvalue weighted by Gasteiger charge is 2.35. The van der Waals surface area contributed by atoms with Gasteiger partial charge in [0.1, 0.15) is 0 Å². The number of aryl methyl sites for hydroxylation is 1. The van der Waals surface area contributed by atoms with E-state index in [0.717, 1.165) is 24.9 Å². The van der Waals surface area contributed by atoms with E-state index in [0.29, 0.717) is 41.5 Å². The van der Waals surface area contributed by atoms with Crippen LogP contribution in [0.3, 0.4) is 0 Å². The van der Waals surface area contributed by atoms with Crippen molar-refractivity contribution < 1.29 is 18.0 Å². The molecule has 0 aliphatic carbocycles. The van der Waals surface area contributed by atoms with E-state index in [4.69, 9.17) is 0 Å². The molecule has 5 rings (SSSR count). The maximum atomic E-state index is 13.6. The van der Waals surface area contributed by atoms with Gasteiger partial charge < -0.3 is 15.5 Å². The van der Waals surface area contributed by atoms with Crippen LogP contribution in [0.25, 0.3) is 10.8 Å². The van der Waals surface area contributed by atoms with Crippen LogP contribution in [-0.2, 0) is 14.8 Å². The lowest BCUT2D eigenvalue weighted by Gasteiger charge is -2.38. The second kappa shape index (κ2) is 10.8. The molecule has 2 heterocycles. The van der Waals surface area contributed by atoms with Crippen molar-refractivity contribution in [2.24, 2.45) is 5.92 Å². The number of benzene rings is 3. The molecule has 0 bridgehead atoms. The lowest BCUT2D eigenvalue weighted by molar-refractivity contribution is -0.135. The van der Waals surface area contributed by atoms with E-state index in [1.54, 1.807) is 30.3 Å². The third-order valence-corrected chi connectivity index (χ3v) is 9.24. The van der Waals surface area contributed by atoms with Crippen LogP contribution in [0.2, 0.25) is 0 Å². The average molecular weight is 535 g/mol. The summed E-state index contributed by atoms with van der Waals surface area (Å²) in [4.78, 5) is 27.8. The number of anilines is 1. The molecule has 9 heteroatoms. The monoisotopic (exact) mass is 534 g/mol. The maximum absolute atomic E-state index is 13.6. The number of nitrogens with one attached hydrogen (secondary N) is 3. The number of nitrogens with zero attached hydrogens (tertiary/aromatic N) is 1. The molecule has 3 N–H and O–H groups in total. The quantitative estimate of drug-likeness (QED) is 0.447. The Labute approximate surface area is 223 Å². The summed E-state index contributed by atoms with van der Waals surface area (Å²) >= 11 is 0. The summed E-state index contributed by atoms with van der Waals surface area (Å²) in [6.07, 6.45) is 2.42. The Morgan fingerprint density at radius 1 is 0.974 bits per heavy atom. The Bertz CT molecular complexity index is 1470. The van der Waals surface area contributed by atoms with Crippen LogP contribution < -0.4 is 15.4 Å². The number of carbonyl (C=O) groups is 2. The van der Waals surface area contributed by atoms with Crippen LogP contribution in [-0.4, -0.2) is 56.9 Å². The smallest absolute Gasteiger partial charge is 0.255 e. The van der Waals surface area contributed by atoms with E-state index < -0.39 is 10.0 Å². The van der Waals surface area contributed by atoms with Crippen molar-refractivity contribution in [1.29, 1.82) is 0 Å². The van der Waals surface area contributed by atoms with Gasteiger partial charge in [-0.05, 0) is 62.4 Å². The number of rotatable bonds is 6. The molecule has 2 aliphatic rings. The van der Waals surface area contributed by atoms with Gasteiger partial charge in [0.05, 0.1) is 10.9 Å². The van der Waals surface area contributed by atoms with Crippen LogP contribution in [0, 0.1) is 12.8 Å². The molecule has 2 amide bonds. The van der Waals surface area contributed by atoms with E-state index >= 15 is 0 Å². The number of piperidine rings is 1. The highest BCUT2D eigenvalue weighted by atomic mass is 32.2. The lowest BCUT2D eigenvalue weighted by atomic mass is 9.94. The van der Waals surface area contributed by atoms with Crippen molar-refractivity contribution in [3.05, 3.63) is 71.8 Å². The zero-order valence-electron chi connectivity index (χ0n) is 21.7. The van der Waals surface area contributed by atoms with E-state index in [1.165, 1.54) is 0 Å². The van der Waals surface area contributed by atoms with Crippen LogP contribution >= 0.6 is 0 Å². The van der Waals surface area contributed by atoms with Crippen molar-refractivity contribution in [3.63, 3.8) is 0 Å². The zero-order valence-corrected chi connectivity index (χ0v) is 22.6. The molecule has 3 aromatic carbocycles. The molecule has 3 aromatic rings. The first-order valence-electron chi connectivity index (χ1n) is 13.2. The fourth-order valence-corrected chi connectivity index (χ4v) is 7.12. The Kier molecular flexibility index (Phi) is 7.52. The Morgan fingerprint density at radius 3 is 2.42 bits per heavy atom. The Hall–Kier alpha value is -3.27. The van der Waals surface area contributed by atoms with Crippen molar-refractivity contribution >= 4 is 38.3 Å². The summed E-state index contributed by atoms with van der Waals surface area (Å²) in [6, 6.07) is 17.3. The second-order valence-electron chi connectivity index (χ2n) is 10.4. The molecule has 0 aromatic heterocycles. The van der Waals surface area contributed by atoms with E-state index in [2.05, 4.69) is 15.4 Å². The normalized spacial score (nSPS) is 21.9. The molecule has 2 saturated heterocycles. The minimum Gasteiger partial charge on any atom is -0.341 e. The highest BCUT2D eigenvalue weighted by Crippen LogP contribution is 2.31. The van der Waals surface area contributed by atoms with Crippen LogP contribution in [0.15, 0.2) is 65.6 Å². The summed E-state index contributed by atoms with van der Waals surface area (Å²) in [5, 5.41) is 7.39. The fourth-order valence-electron chi connectivity index (χ4n) is 5.53. The van der Waals surface area contributed by atoms with Gasteiger partial charge >= 0.3 is 0 Å². The summed E-state index contributed by atoms with van der Waals surface area (Å²) in [5.74, 6) is -0.155. The molecule has 38 heavy (non-hydrogen) atoms. The molecular formula is C29H34N4O4S. The van der Waals surface area contributed by atoms with E-state index in [-0.39, 0.29) is 34.7 Å². The molecule has 0 saturated carbocycles. The average Bonchev–Trinajstić information content (AvgIpc) is 3.45. The van der Waals surface area contributed by atoms with Gasteiger partial charge in [-0.2, -0.15) is 0 Å². The highest BCUT2D eigenvalue weighted by molar-refractivity contribution is 7.89. The van der Waals surface area contributed by atoms with Gasteiger partial charge in [0.2, 0.25) is 15.9 Å². The standard InChI is InChI=1S/C29H34N4O4S/c1-19-8-3-4-9-21(19)28(34)31-25-13-14-27(23-11-6-5-10-22(23)25)38(36,37)32-24-15-17-33(18-20(24)2)29(35)26-12-7-16-30-26/h3-6,8-11,13-14,20,24,26,30,32H,7,12,15-18H2,1-2H3,(H,31,34). The number of fused-ring (bicyclic) bond motifs is 1. The first-order chi connectivity index (χ1) is 18.2. The van der Waals surface area contributed by atoms with Crippen molar-refractivity contribution in [3.8, 4) is 0 Å². The van der Waals surface area contributed by atoms with Crippen molar-refractivity contribution in [1.82, 2.24) is 14.9 Å². The van der Waals surface area contributed by atoms with Crippen LogP contribution in [0.1, 0.15) is 42.1 Å². The number of sulfonamides is 1. The molecule has 2 fully saturated rings. The summed E-state index contributed by atoms with van der Waals surface area (Å²) in [7, 11) is -3.86. The fraction of sp³-hybridized carbons (Fsp3) is 0.379. The molecule has 3 unspecified atom stereocenters. The van der Waals surface area contributed by atoms with Crippen molar-refractivity contribution in [2.75, 3.05) is 25.0 Å². The molecule has 8 nitrogen and oxygen atoms in total. The molecule has 2 aliphatic heterocycles. The molecule has 0 radical (unpaired) electrons. The predicted octanol–water partition coefficient (Wildman–Crippen LogP) is 3.67. The topological polar surface area (TPSA) is 108 Å². The number of hydrogen-bond donors (Lipinski definition) is 3. The number of likely N-dealkylation sites (tertiary alicyclic amines) is 1. The first kappa shape index (κ1) is 26.3. The van der Waals surface area contributed by atoms with Crippen LogP contribution in [0.4, 0.5) is 5.69 Å². The number of hydrogen-bond acceptors (Lipinski definition) is 5. The second-order valence-corrected chi connectivity index (χ2v) is 12.0. The van der Waals surface area contributed by atoms with E-state index in [1.807, 2.05) is 49.1 Å². The van der Waals surface area contributed by atoms with Gasteiger partial charge in [-0.3, -0.25) is 9.59 Å². The van der Waals surface area contributed by atoms with Crippen molar-refractivity contribution in [2.45, 2.75) is 50.1 Å². The van der Waals surface area contributed by atoms with Gasteiger partial charge in [-0.1, -0.05) is 49.4 Å². The SMILES string of the molecule is Cc1ccccc1C(=O)Nc1ccc(S(=O)(=O)NC2CCN(C(=O)C3CCCN3)CC2C)c2ccccc12. The summed E-state index contributed by atoms with van der Waals surface area (Å²) in [6.45, 7) is 5.77. The minimum atomic E-state index is -3.86. The Morgan fingerprint density at radius 2 is 1.71 bits per heavy atom. The largest absolute Gasteiger partial charge is 0.341 e. The van der Waals surface area contributed by atoms with Gasteiger partial charge in [-0.15, -0.1) is 0 Å². The molecule has 0 spiro atoms. The lowest BCUT2D eigenvalue weighted by Crippen LogP contribution is -2.54.